The largest absolute Gasteiger partial charge is 0.504 e. The van der Waals surface area contributed by atoms with Crippen LogP contribution in [-0.4, -0.2) is 25.5 Å². The van der Waals surface area contributed by atoms with Crippen molar-refractivity contribution in [1.29, 1.82) is 0 Å². The molecule has 54 heavy (non-hydrogen) atoms. The Hall–Kier alpha value is -7.44. The molecule has 10 aromatic rings. The molecule has 258 valence electrons. The molecule has 6 nitrogen and oxygen atoms in total. The average molecular weight is 703 g/mol. The zero-order valence-corrected chi connectivity index (χ0v) is 28.6. The first-order valence-corrected chi connectivity index (χ1v) is 17.6. The predicted octanol–water partition coefficient (Wildman–Crippen LogP) is 12.2. The van der Waals surface area contributed by atoms with Gasteiger partial charge in [0, 0.05) is 21.9 Å². The van der Waals surface area contributed by atoms with Crippen LogP contribution in [0.3, 0.4) is 0 Å². The zero-order valence-electron chi connectivity index (χ0n) is 28.6. The van der Waals surface area contributed by atoms with Crippen LogP contribution in [0.15, 0.2) is 156 Å². The Balaban J connectivity index is 1.21. The molecule has 0 bridgehead atoms. The first kappa shape index (κ1) is 31.3. The third-order valence-corrected chi connectivity index (χ3v) is 10.6. The molecule has 0 unspecified atom stereocenters. The second-order valence-electron chi connectivity index (χ2n) is 13.5. The molecule has 0 saturated heterocycles. The second-order valence-corrected chi connectivity index (χ2v) is 13.5. The quantitative estimate of drug-likeness (QED) is 0.0708. The van der Waals surface area contributed by atoms with Crippen LogP contribution in [0.5, 0.6) is 28.7 Å². The maximum absolute atomic E-state index is 11.1. The van der Waals surface area contributed by atoms with Gasteiger partial charge in [-0.1, -0.05) is 140 Å². The van der Waals surface area contributed by atoms with Crippen LogP contribution >= 0.6 is 0 Å². The number of hydrogen-bond acceptors (Lipinski definition) is 6. The Morgan fingerprint density at radius 1 is 0.296 bits per heavy atom. The highest BCUT2D eigenvalue weighted by Gasteiger charge is 2.28. The fourth-order valence-electron chi connectivity index (χ4n) is 8.20. The minimum atomic E-state index is -0.998. The molecule has 0 radical (unpaired) electrons. The zero-order chi connectivity index (χ0) is 36.7. The van der Waals surface area contributed by atoms with Gasteiger partial charge in [0.2, 0.25) is 17.2 Å². The monoisotopic (exact) mass is 702 g/mol. The van der Waals surface area contributed by atoms with Crippen molar-refractivity contribution in [3.63, 3.8) is 0 Å². The van der Waals surface area contributed by atoms with Gasteiger partial charge in [-0.3, -0.25) is 0 Å². The molecular weight excluding hydrogens is 673 g/mol. The van der Waals surface area contributed by atoms with E-state index in [9.17, 15) is 25.5 Å². The van der Waals surface area contributed by atoms with E-state index >= 15 is 0 Å². The highest BCUT2D eigenvalue weighted by atomic mass is 16.4. The molecule has 0 atom stereocenters. The number of hydrogen-bond donors (Lipinski definition) is 5. The van der Waals surface area contributed by atoms with E-state index in [1.54, 1.807) is 0 Å². The lowest BCUT2D eigenvalue weighted by molar-refractivity contribution is 0.330. The van der Waals surface area contributed by atoms with Crippen LogP contribution in [-0.2, 0) is 0 Å². The van der Waals surface area contributed by atoms with Crippen LogP contribution in [0.4, 0.5) is 0 Å². The number of rotatable bonds is 4. The average Bonchev–Trinajstić information content (AvgIpc) is 3.60. The summed E-state index contributed by atoms with van der Waals surface area (Å²) in [7, 11) is 0. The van der Waals surface area contributed by atoms with Gasteiger partial charge < -0.3 is 29.9 Å². The molecule has 1 aromatic heterocycles. The normalized spacial score (nSPS) is 11.7. The molecule has 0 aliphatic rings. The summed E-state index contributed by atoms with van der Waals surface area (Å²) in [6, 6.07) is 50.9. The third kappa shape index (κ3) is 4.47. The fraction of sp³-hybridized carbons (Fsp3) is 0. The molecule has 10 rings (SSSR count). The lowest BCUT2D eigenvalue weighted by Crippen LogP contribution is -1.93. The summed E-state index contributed by atoms with van der Waals surface area (Å²) in [5, 5.41) is 60.7. The number of benzene rings is 9. The number of aromatic hydroxyl groups is 5. The molecule has 0 fully saturated rings. The minimum Gasteiger partial charge on any atom is -0.504 e. The summed E-state index contributed by atoms with van der Waals surface area (Å²) in [4.78, 5) is 0. The van der Waals surface area contributed by atoms with Crippen LogP contribution in [0.25, 0.3) is 98.8 Å². The summed E-state index contributed by atoms with van der Waals surface area (Å²) in [6.45, 7) is 0. The Labute approximate surface area is 308 Å². The first-order valence-electron chi connectivity index (χ1n) is 17.6. The van der Waals surface area contributed by atoms with Gasteiger partial charge in [0.15, 0.2) is 11.5 Å². The predicted molar refractivity (Wildman–Crippen MR) is 216 cm³/mol. The van der Waals surface area contributed by atoms with Gasteiger partial charge in [-0.15, -0.1) is 0 Å². The van der Waals surface area contributed by atoms with Crippen LogP contribution in [0.1, 0.15) is 0 Å². The molecule has 1 heterocycles. The van der Waals surface area contributed by atoms with E-state index in [4.69, 9.17) is 4.42 Å². The molecular formula is C48H30O6. The molecule has 0 aliphatic carbocycles. The van der Waals surface area contributed by atoms with Gasteiger partial charge in [-0.05, 0) is 72.3 Å². The molecule has 5 N–H and O–H groups in total. The summed E-state index contributed by atoms with van der Waals surface area (Å²) >= 11 is 0. The van der Waals surface area contributed by atoms with Gasteiger partial charge in [0.05, 0.1) is 5.56 Å². The van der Waals surface area contributed by atoms with Crippen LogP contribution in [0.2, 0.25) is 0 Å². The smallest absolute Gasteiger partial charge is 0.208 e. The Morgan fingerprint density at radius 2 is 0.778 bits per heavy atom. The summed E-state index contributed by atoms with van der Waals surface area (Å²) in [5.41, 5.74) is 8.12. The van der Waals surface area contributed by atoms with Gasteiger partial charge in [0.1, 0.15) is 11.2 Å². The van der Waals surface area contributed by atoms with E-state index < -0.39 is 28.7 Å². The van der Waals surface area contributed by atoms with Crippen molar-refractivity contribution in [2.45, 2.75) is 0 Å². The van der Waals surface area contributed by atoms with Crippen molar-refractivity contribution in [3.8, 4) is 73.3 Å². The highest BCUT2D eigenvalue weighted by molar-refractivity contribution is 6.25. The molecule has 6 heteroatoms. The fourth-order valence-corrected chi connectivity index (χ4v) is 8.20. The highest BCUT2D eigenvalue weighted by Crippen LogP contribution is 2.58. The standard InChI is InChI=1S/C48H30O6/c49-43-42(44(50)46(52)47(53)45(43)51)41-35-15-6-4-13-33(35)40(34-14-5-7-16-36(34)41)32-21-10-19-30-28(17-8-20-31(30)32)27-23-24-39-38(25-27)37-22-9-18-29(48(37)54-39)26-11-2-1-3-12-26/h1-25,49-53H. The molecule has 0 aliphatic heterocycles. The number of phenolic OH excluding ortho intramolecular Hbond substituents is 5. The topological polar surface area (TPSA) is 114 Å². The van der Waals surface area contributed by atoms with Gasteiger partial charge in [0.25, 0.3) is 0 Å². The summed E-state index contributed by atoms with van der Waals surface area (Å²) < 4.78 is 6.48. The Bertz CT molecular complexity index is 3070. The second kappa shape index (κ2) is 11.8. The van der Waals surface area contributed by atoms with Gasteiger partial charge >= 0.3 is 0 Å². The van der Waals surface area contributed by atoms with E-state index in [0.717, 1.165) is 76.9 Å². The summed E-state index contributed by atoms with van der Waals surface area (Å²) in [5.74, 6) is -4.31. The molecule has 0 amide bonds. The van der Waals surface area contributed by atoms with Crippen molar-refractivity contribution in [1.82, 2.24) is 0 Å². The van der Waals surface area contributed by atoms with E-state index in [1.165, 1.54) is 0 Å². The Kier molecular flexibility index (Phi) is 6.84. The maximum Gasteiger partial charge on any atom is 0.208 e. The van der Waals surface area contributed by atoms with Gasteiger partial charge in [-0.25, -0.2) is 0 Å². The number of furan rings is 1. The van der Waals surface area contributed by atoms with E-state index in [2.05, 4.69) is 78.9 Å². The van der Waals surface area contributed by atoms with Crippen molar-refractivity contribution >= 4 is 54.3 Å². The van der Waals surface area contributed by atoms with Crippen molar-refractivity contribution in [3.05, 3.63) is 152 Å². The van der Waals surface area contributed by atoms with E-state index in [-0.39, 0.29) is 5.56 Å². The lowest BCUT2D eigenvalue weighted by atomic mass is 9.83. The van der Waals surface area contributed by atoms with Gasteiger partial charge in [-0.2, -0.15) is 0 Å². The van der Waals surface area contributed by atoms with E-state index in [1.807, 2.05) is 72.8 Å². The lowest BCUT2D eigenvalue weighted by Gasteiger charge is -2.21. The first-order chi connectivity index (χ1) is 26.4. The summed E-state index contributed by atoms with van der Waals surface area (Å²) in [6.07, 6.45) is 0. The number of fused-ring (bicyclic) bond motifs is 6. The molecule has 9 aromatic carbocycles. The van der Waals surface area contributed by atoms with Crippen molar-refractivity contribution in [2.75, 3.05) is 0 Å². The molecule has 0 spiro atoms. The minimum absolute atomic E-state index is 0.181. The third-order valence-electron chi connectivity index (χ3n) is 10.6. The van der Waals surface area contributed by atoms with Crippen molar-refractivity contribution < 1.29 is 29.9 Å². The number of para-hydroxylation sites is 1. The van der Waals surface area contributed by atoms with E-state index in [0.29, 0.717) is 16.3 Å². The SMILES string of the molecule is Oc1c(O)c(O)c(-c2c3ccccc3c(-c3cccc4c(-c5ccc6oc7c(-c8ccccc8)cccc7c6c5)cccc34)c3ccccc23)c(O)c1O. The molecule has 0 saturated carbocycles. The maximum atomic E-state index is 11.1. The van der Waals surface area contributed by atoms with Crippen LogP contribution < -0.4 is 0 Å². The van der Waals surface area contributed by atoms with Crippen LogP contribution in [0, 0.1) is 0 Å². The van der Waals surface area contributed by atoms with Crippen molar-refractivity contribution in [2.24, 2.45) is 0 Å². The number of phenols is 5. The Morgan fingerprint density at radius 3 is 1.41 bits per heavy atom.